The molecule has 21 heavy (non-hydrogen) atoms. The largest absolute Gasteiger partial charge is 0.493 e. The first kappa shape index (κ1) is 15.7. The normalized spacial score (nSPS) is 16.8. The van der Waals surface area contributed by atoms with Gasteiger partial charge < -0.3 is 4.74 Å². The van der Waals surface area contributed by atoms with Crippen LogP contribution in [0, 0.1) is 21.4 Å². The van der Waals surface area contributed by atoms with Crippen LogP contribution >= 0.6 is 15.9 Å². The van der Waals surface area contributed by atoms with Gasteiger partial charge in [0.2, 0.25) is 0 Å². The van der Waals surface area contributed by atoms with Crippen molar-refractivity contribution in [1.29, 1.82) is 5.26 Å². The van der Waals surface area contributed by atoms with Gasteiger partial charge in [-0.05, 0) is 25.8 Å². The standard InChI is InChI=1S/C14H16BrN3O3/c1-14(9-16,17-11-2-3-11)4-5-21-13-7-10(15)6-12(8-13)18(19)20/h6-8,11,17H,2-5H2,1H3. The number of ether oxygens (including phenoxy) is 1. The molecule has 1 aliphatic rings. The van der Waals surface area contributed by atoms with Crippen LogP contribution in [0.15, 0.2) is 22.7 Å². The number of rotatable bonds is 7. The van der Waals surface area contributed by atoms with Gasteiger partial charge in [0.15, 0.2) is 0 Å². The zero-order valence-electron chi connectivity index (χ0n) is 11.6. The van der Waals surface area contributed by atoms with E-state index in [4.69, 9.17) is 4.74 Å². The number of nitrogens with one attached hydrogen (secondary N) is 1. The molecule has 112 valence electrons. The maximum absolute atomic E-state index is 10.8. The van der Waals surface area contributed by atoms with E-state index in [1.807, 2.05) is 6.92 Å². The monoisotopic (exact) mass is 353 g/mol. The van der Waals surface area contributed by atoms with E-state index >= 15 is 0 Å². The van der Waals surface area contributed by atoms with Gasteiger partial charge in [-0.1, -0.05) is 15.9 Å². The molecule has 1 saturated carbocycles. The Bertz CT molecular complexity index is 583. The van der Waals surface area contributed by atoms with Crippen LogP contribution in [0.3, 0.4) is 0 Å². The summed E-state index contributed by atoms with van der Waals surface area (Å²) in [6.45, 7) is 2.16. The third kappa shape index (κ3) is 4.69. The van der Waals surface area contributed by atoms with Crippen molar-refractivity contribution in [3.05, 3.63) is 32.8 Å². The molecule has 1 aliphatic carbocycles. The van der Waals surface area contributed by atoms with Gasteiger partial charge in [0, 0.05) is 23.0 Å². The van der Waals surface area contributed by atoms with E-state index in [0.717, 1.165) is 12.8 Å². The highest BCUT2D eigenvalue weighted by Crippen LogP contribution is 2.27. The maximum Gasteiger partial charge on any atom is 0.274 e. The number of hydrogen-bond acceptors (Lipinski definition) is 5. The molecule has 0 aromatic heterocycles. The van der Waals surface area contributed by atoms with Gasteiger partial charge in [-0.15, -0.1) is 0 Å². The molecule has 0 aliphatic heterocycles. The van der Waals surface area contributed by atoms with Crippen molar-refractivity contribution >= 4 is 21.6 Å². The summed E-state index contributed by atoms with van der Waals surface area (Å²) in [6.07, 6.45) is 2.73. The molecule has 0 radical (unpaired) electrons. The zero-order valence-corrected chi connectivity index (χ0v) is 13.2. The predicted octanol–water partition coefficient (Wildman–Crippen LogP) is 3.16. The van der Waals surface area contributed by atoms with E-state index in [9.17, 15) is 15.4 Å². The molecule has 1 aromatic rings. The lowest BCUT2D eigenvalue weighted by atomic mass is 10.0. The maximum atomic E-state index is 10.8. The number of non-ortho nitro benzene ring substituents is 1. The third-order valence-electron chi connectivity index (χ3n) is 3.28. The van der Waals surface area contributed by atoms with Crippen LogP contribution in [-0.4, -0.2) is 23.1 Å². The highest BCUT2D eigenvalue weighted by Gasteiger charge is 2.32. The molecule has 1 aromatic carbocycles. The molecule has 0 heterocycles. The van der Waals surface area contributed by atoms with Gasteiger partial charge in [-0.3, -0.25) is 15.4 Å². The summed E-state index contributed by atoms with van der Waals surface area (Å²) in [7, 11) is 0. The summed E-state index contributed by atoms with van der Waals surface area (Å²) in [4.78, 5) is 10.3. The molecule has 2 rings (SSSR count). The van der Waals surface area contributed by atoms with Crippen molar-refractivity contribution in [2.24, 2.45) is 0 Å². The Morgan fingerprint density at radius 3 is 2.86 bits per heavy atom. The van der Waals surface area contributed by atoms with Crippen LogP contribution in [0.5, 0.6) is 5.75 Å². The van der Waals surface area contributed by atoms with Gasteiger partial charge >= 0.3 is 0 Å². The second kappa shape index (κ2) is 6.41. The average Bonchev–Trinajstić information content (AvgIpc) is 3.22. The van der Waals surface area contributed by atoms with Gasteiger partial charge in [0.1, 0.15) is 11.3 Å². The topological polar surface area (TPSA) is 88.2 Å². The molecule has 1 fully saturated rings. The van der Waals surface area contributed by atoms with Crippen LogP contribution in [0.25, 0.3) is 0 Å². The fourth-order valence-corrected chi connectivity index (χ4v) is 2.41. The Kier molecular flexibility index (Phi) is 4.80. The highest BCUT2D eigenvalue weighted by molar-refractivity contribution is 9.10. The second-order valence-electron chi connectivity index (χ2n) is 5.36. The third-order valence-corrected chi connectivity index (χ3v) is 3.74. The van der Waals surface area contributed by atoms with Crippen LogP contribution in [-0.2, 0) is 0 Å². The molecule has 0 saturated heterocycles. The quantitative estimate of drug-likeness (QED) is 0.600. The van der Waals surface area contributed by atoms with Gasteiger partial charge in [0.05, 0.1) is 23.7 Å². The van der Waals surface area contributed by atoms with E-state index < -0.39 is 10.5 Å². The predicted molar refractivity (Wildman–Crippen MR) is 81.1 cm³/mol. The fraction of sp³-hybridized carbons (Fsp3) is 0.500. The summed E-state index contributed by atoms with van der Waals surface area (Å²) in [6, 6.07) is 7.17. The number of halogens is 1. The first-order chi connectivity index (χ1) is 9.92. The number of nitrogens with zero attached hydrogens (tertiary/aromatic N) is 2. The Morgan fingerprint density at radius 1 is 1.57 bits per heavy atom. The molecular weight excluding hydrogens is 338 g/mol. The Labute approximate surface area is 131 Å². The smallest absolute Gasteiger partial charge is 0.274 e. The Hall–Kier alpha value is -1.65. The minimum absolute atomic E-state index is 0.0291. The van der Waals surface area contributed by atoms with Gasteiger partial charge in [0.25, 0.3) is 5.69 Å². The van der Waals surface area contributed by atoms with Crippen LogP contribution in [0.4, 0.5) is 5.69 Å². The summed E-state index contributed by atoms with van der Waals surface area (Å²) in [5.74, 6) is 0.419. The minimum atomic E-state index is -0.626. The second-order valence-corrected chi connectivity index (χ2v) is 6.28. The first-order valence-corrected chi connectivity index (χ1v) is 7.48. The van der Waals surface area contributed by atoms with Crippen LogP contribution in [0.2, 0.25) is 0 Å². The van der Waals surface area contributed by atoms with Gasteiger partial charge in [-0.2, -0.15) is 5.26 Å². The summed E-state index contributed by atoms with van der Waals surface area (Å²) in [5, 5.41) is 23.3. The fourth-order valence-electron chi connectivity index (χ4n) is 1.95. The molecule has 0 amide bonds. The Balaban J connectivity index is 1.93. The van der Waals surface area contributed by atoms with Crippen LogP contribution in [0.1, 0.15) is 26.2 Å². The van der Waals surface area contributed by atoms with E-state index in [2.05, 4.69) is 27.3 Å². The van der Waals surface area contributed by atoms with E-state index in [1.54, 1.807) is 6.07 Å². The molecule has 1 atom stereocenters. The number of hydrogen-bond donors (Lipinski definition) is 1. The zero-order chi connectivity index (χ0) is 15.5. The van der Waals surface area contributed by atoms with Crippen molar-refractivity contribution in [2.45, 2.75) is 37.8 Å². The molecular formula is C14H16BrN3O3. The molecule has 7 heteroatoms. The summed E-state index contributed by atoms with van der Waals surface area (Å²) >= 11 is 3.22. The van der Waals surface area contributed by atoms with Crippen LogP contribution < -0.4 is 10.1 Å². The van der Waals surface area contributed by atoms with E-state index in [-0.39, 0.29) is 5.69 Å². The summed E-state index contributed by atoms with van der Waals surface area (Å²) in [5.41, 5.74) is -0.655. The average molecular weight is 354 g/mol. The molecule has 1 unspecified atom stereocenters. The number of nitro benzene ring substituents is 1. The number of nitriles is 1. The van der Waals surface area contributed by atoms with Crippen molar-refractivity contribution in [3.8, 4) is 11.8 Å². The molecule has 0 spiro atoms. The number of benzene rings is 1. The molecule has 1 N–H and O–H groups in total. The number of nitro groups is 1. The van der Waals surface area contributed by atoms with Gasteiger partial charge in [-0.25, -0.2) is 0 Å². The first-order valence-electron chi connectivity index (χ1n) is 6.68. The summed E-state index contributed by atoms with van der Waals surface area (Å²) < 4.78 is 6.14. The SMILES string of the molecule is CC(C#N)(CCOc1cc(Br)cc([N+](=O)[O-])c1)NC1CC1. The van der Waals surface area contributed by atoms with E-state index in [0.29, 0.717) is 29.3 Å². The van der Waals surface area contributed by atoms with Crippen molar-refractivity contribution in [3.63, 3.8) is 0 Å². The molecule has 6 nitrogen and oxygen atoms in total. The lowest BCUT2D eigenvalue weighted by Gasteiger charge is -2.23. The van der Waals surface area contributed by atoms with Crippen molar-refractivity contribution in [1.82, 2.24) is 5.32 Å². The van der Waals surface area contributed by atoms with E-state index in [1.165, 1.54) is 12.1 Å². The lowest BCUT2D eigenvalue weighted by molar-refractivity contribution is -0.385. The minimum Gasteiger partial charge on any atom is -0.493 e. The van der Waals surface area contributed by atoms with Crippen molar-refractivity contribution < 1.29 is 9.66 Å². The molecule has 0 bridgehead atoms. The Morgan fingerprint density at radius 2 is 2.29 bits per heavy atom. The van der Waals surface area contributed by atoms with Crippen molar-refractivity contribution in [2.75, 3.05) is 6.61 Å². The highest BCUT2D eigenvalue weighted by atomic mass is 79.9. The lowest BCUT2D eigenvalue weighted by Crippen LogP contribution is -2.43.